The summed E-state index contributed by atoms with van der Waals surface area (Å²) >= 11 is 8.54. The summed E-state index contributed by atoms with van der Waals surface area (Å²) in [5.41, 5.74) is 1.75. The molecule has 4 aromatic rings. The Kier molecular flexibility index (Phi) is 9.11. The van der Waals surface area contributed by atoms with Gasteiger partial charge in [-0.05, 0) is 64.0 Å². The van der Waals surface area contributed by atoms with Crippen molar-refractivity contribution >= 4 is 46.1 Å². The minimum atomic E-state index is -1.02. The number of H-pyrrole nitrogens is 1. The molecule has 0 bridgehead atoms. The van der Waals surface area contributed by atoms with Crippen molar-refractivity contribution in [1.29, 1.82) is 0 Å². The fraction of sp³-hybridized carbons (Fsp3) is 0.233. The molecule has 3 aromatic carbocycles. The van der Waals surface area contributed by atoms with Gasteiger partial charge in [0.05, 0.1) is 6.61 Å². The highest BCUT2D eigenvalue weighted by Crippen LogP contribution is 2.41. The van der Waals surface area contributed by atoms with Gasteiger partial charge in [-0.3, -0.25) is 9.69 Å². The third-order valence-corrected chi connectivity index (χ3v) is 8.00. The Morgan fingerprint density at radius 1 is 1.12 bits per heavy atom. The third kappa shape index (κ3) is 6.14. The Morgan fingerprint density at radius 2 is 1.83 bits per heavy atom. The molecule has 4 atom stereocenters. The molecule has 0 saturated carbocycles. The maximum atomic E-state index is 14.9. The Labute approximate surface area is 259 Å². The van der Waals surface area contributed by atoms with Crippen LogP contribution in [0.3, 0.4) is 0 Å². The highest BCUT2D eigenvalue weighted by Gasteiger charge is 2.46. The van der Waals surface area contributed by atoms with Crippen molar-refractivity contribution in [1.82, 2.24) is 20.2 Å². The number of aromatic nitrogens is 2. The number of carbonyl (C=O) groups is 2. The van der Waals surface area contributed by atoms with Crippen LogP contribution >= 0.6 is 34.2 Å². The van der Waals surface area contributed by atoms with Crippen molar-refractivity contribution in [2.75, 3.05) is 13.2 Å². The summed E-state index contributed by atoms with van der Waals surface area (Å²) in [5, 5.41) is 21.3. The summed E-state index contributed by atoms with van der Waals surface area (Å²) in [6.45, 7) is 1.35. The zero-order valence-corrected chi connectivity index (χ0v) is 25.2. The van der Waals surface area contributed by atoms with Crippen LogP contribution in [-0.2, 0) is 4.79 Å². The molecule has 12 heteroatoms. The summed E-state index contributed by atoms with van der Waals surface area (Å²) in [7, 11) is 0. The first-order valence-electron chi connectivity index (χ1n) is 13.1. The summed E-state index contributed by atoms with van der Waals surface area (Å²) in [5.74, 6) is -0.741. The van der Waals surface area contributed by atoms with Gasteiger partial charge in [0.2, 0.25) is 0 Å². The number of rotatable bonds is 10. The number of aliphatic hydroxyl groups is 2. The Balaban J connectivity index is 1.49. The van der Waals surface area contributed by atoms with Crippen LogP contribution in [0.15, 0.2) is 72.8 Å². The number of hydrogen-bond acceptors (Lipinski definition) is 6. The number of halogens is 3. The first-order valence-corrected chi connectivity index (χ1v) is 14.5. The monoisotopic (exact) mass is 704 g/mol. The Bertz CT molecular complexity index is 1590. The molecule has 4 N–H and O–H groups in total. The van der Waals surface area contributed by atoms with Crippen LogP contribution in [0.25, 0.3) is 11.3 Å². The Morgan fingerprint density at radius 3 is 2.50 bits per heavy atom. The SMILES string of the molecule is C[C@@H](c1ccccc1)[C@@H](c1nc(-c2ccc(I)cc2F)c(Cl)[nH]1)N1C(=O)NC(c2ccc(OC[C@@H](O)CO)cc2)C1=O. The fourth-order valence-corrected chi connectivity index (χ4v) is 5.57. The smallest absolute Gasteiger partial charge is 0.325 e. The van der Waals surface area contributed by atoms with E-state index in [1.807, 2.05) is 59.8 Å². The number of hydrogen-bond donors (Lipinski definition) is 4. The molecule has 5 rings (SSSR count). The first-order chi connectivity index (χ1) is 20.2. The summed E-state index contributed by atoms with van der Waals surface area (Å²) in [6, 6.07) is 18.1. The van der Waals surface area contributed by atoms with Crippen LogP contribution in [0.5, 0.6) is 5.75 Å². The molecule has 1 fully saturated rings. The van der Waals surface area contributed by atoms with Crippen molar-refractivity contribution in [2.45, 2.75) is 31.0 Å². The van der Waals surface area contributed by atoms with Crippen molar-refractivity contribution < 1.29 is 28.9 Å². The standard InChI is InChI=1S/C30H27ClFIN4O5/c1-16(17-5-3-2-4-6-17)26(28-34-25(27(31)36-28)22-12-9-19(33)13-23(22)32)37-29(40)24(35-30(37)41)18-7-10-21(11-8-18)42-15-20(39)14-38/h2-13,16,20,24,26,38-39H,14-15H2,1H3,(H,34,36)(H,35,41)/t16-,20-,24?,26-/m0/s1. The molecule has 1 saturated heterocycles. The average molecular weight is 705 g/mol. The number of imide groups is 1. The van der Waals surface area contributed by atoms with Gasteiger partial charge in [0.1, 0.15) is 53.0 Å². The number of imidazole rings is 1. The van der Waals surface area contributed by atoms with Crippen molar-refractivity contribution in [2.24, 2.45) is 0 Å². The zero-order chi connectivity index (χ0) is 30.0. The first kappa shape index (κ1) is 30.0. The minimum absolute atomic E-state index is 0.0841. The topological polar surface area (TPSA) is 128 Å². The van der Waals surface area contributed by atoms with E-state index in [0.717, 1.165) is 10.5 Å². The molecular weight excluding hydrogens is 678 g/mol. The molecule has 0 aliphatic carbocycles. The summed E-state index contributed by atoms with van der Waals surface area (Å²) in [4.78, 5) is 36.1. The molecule has 1 unspecified atom stereocenters. The lowest BCUT2D eigenvalue weighted by molar-refractivity contribution is -0.129. The lowest BCUT2D eigenvalue weighted by Crippen LogP contribution is -2.38. The predicted molar refractivity (Wildman–Crippen MR) is 162 cm³/mol. The molecule has 218 valence electrons. The number of ether oxygens (including phenoxy) is 1. The van der Waals surface area contributed by atoms with E-state index in [4.69, 9.17) is 21.4 Å². The molecule has 42 heavy (non-hydrogen) atoms. The van der Waals surface area contributed by atoms with Crippen LogP contribution in [0.2, 0.25) is 5.15 Å². The van der Waals surface area contributed by atoms with Crippen LogP contribution < -0.4 is 10.1 Å². The number of benzene rings is 3. The van der Waals surface area contributed by atoms with Crippen molar-refractivity contribution in [3.63, 3.8) is 0 Å². The number of nitrogens with zero attached hydrogens (tertiary/aromatic N) is 2. The second kappa shape index (κ2) is 12.8. The molecule has 0 spiro atoms. The van der Waals surface area contributed by atoms with Gasteiger partial charge in [-0.2, -0.15) is 0 Å². The molecule has 3 amide bonds. The highest BCUT2D eigenvalue weighted by molar-refractivity contribution is 14.1. The number of amides is 3. The number of nitrogens with one attached hydrogen (secondary N) is 2. The van der Waals surface area contributed by atoms with Gasteiger partial charge in [-0.15, -0.1) is 0 Å². The van der Waals surface area contributed by atoms with Crippen LogP contribution in [0.4, 0.5) is 9.18 Å². The van der Waals surface area contributed by atoms with Crippen LogP contribution in [0, 0.1) is 9.39 Å². The van der Waals surface area contributed by atoms with Crippen molar-refractivity contribution in [3.05, 3.63) is 104 Å². The molecule has 1 aromatic heterocycles. The van der Waals surface area contributed by atoms with Gasteiger partial charge in [0, 0.05) is 15.1 Å². The lowest BCUT2D eigenvalue weighted by Gasteiger charge is -2.29. The number of carbonyl (C=O) groups excluding carboxylic acids is 2. The predicted octanol–water partition coefficient (Wildman–Crippen LogP) is 5.34. The average Bonchev–Trinajstić information content (AvgIpc) is 3.51. The molecular formula is C30H27ClFIN4O5. The molecule has 1 aliphatic rings. The summed E-state index contributed by atoms with van der Waals surface area (Å²) < 4.78 is 21.0. The number of urea groups is 1. The van der Waals surface area contributed by atoms with Gasteiger partial charge in [-0.1, -0.05) is 61.0 Å². The third-order valence-electron chi connectivity index (χ3n) is 7.06. The van der Waals surface area contributed by atoms with E-state index >= 15 is 0 Å². The quantitative estimate of drug-likeness (QED) is 0.130. The van der Waals surface area contributed by atoms with E-state index in [9.17, 15) is 19.1 Å². The van der Waals surface area contributed by atoms with E-state index in [-0.39, 0.29) is 28.8 Å². The fourth-order valence-electron chi connectivity index (χ4n) is 4.88. The largest absolute Gasteiger partial charge is 0.491 e. The van der Waals surface area contributed by atoms with Gasteiger partial charge >= 0.3 is 6.03 Å². The normalized spacial score (nSPS) is 17.2. The van der Waals surface area contributed by atoms with E-state index in [0.29, 0.717) is 14.9 Å². The van der Waals surface area contributed by atoms with Gasteiger partial charge in [0.15, 0.2) is 0 Å². The maximum absolute atomic E-state index is 14.9. The number of aromatic amines is 1. The minimum Gasteiger partial charge on any atom is -0.491 e. The van der Waals surface area contributed by atoms with Crippen LogP contribution in [0.1, 0.15) is 41.9 Å². The van der Waals surface area contributed by atoms with E-state index in [2.05, 4.69) is 15.3 Å². The highest BCUT2D eigenvalue weighted by atomic mass is 127. The Hall–Kier alpha value is -3.52. The zero-order valence-electron chi connectivity index (χ0n) is 22.3. The van der Waals surface area contributed by atoms with Crippen LogP contribution in [-0.4, -0.2) is 56.3 Å². The van der Waals surface area contributed by atoms with Crippen molar-refractivity contribution in [3.8, 4) is 17.0 Å². The van der Waals surface area contributed by atoms with Gasteiger partial charge in [-0.25, -0.2) is 14.2 Å². The van der Waals surface area contributed by atoms with E-state index < -0.39 is 48.5 Å². The number of aliphatic hydroxyl groups excluding tert-OH is 2. The second-order valence-electron chi connectivity index (χ2n) is 9.86. The van der Waals surface area contributed by atoms with E-state index in [1.165, 1.54) is 6.07 Å². The lowest BCUT2D eigenvalue weighted by atomic mass is 9.91. The molecule has 2 heterocycles. The molecule has 1 aliphatic heterocycles. The molecule has 0 radical (unpaired) electrons. The molecule has 9 nitrogen and oxygen atoms in total. The maximum Gasteiger partial charge on any atom is 0.325 e. The van der Waals surface area contributed by atoms with E-state index in [1.54, 1.807) is 36.4 Å². The summed E-state index contributed by atoms with van der Waals surface area (Å²) in [6.07, 6.45) is -1.02. The van der Waals surface area contributed by atoms with Gasteiger partial charge in [0.25, 0.3) is 5.91 Å². The second-order valence-corrected chi connectivity index (χ2v) is 11.5. The van der Waals surface area contributed by atoms with Gasteiger partial charge < -0.3 is 25.3 Å².